The highest BCUT2D eigenvalue weighted by Gasteiger charge is 2.06. The van der Waals surface area contributed by atoms with Crippen molar-refractivity contribution in [3.63, 3.8) is 0 Å². The molecule has 2 aromatic carbocycles. The molecule has 1 heterocycles. The summed E-state index contributed by atoms with van der Waals surface area (Å²) in [5.41, 5.74) is 1.66. The van der Waals surface area contributed by atoms with Crippen LogP contribution in [-0.4, -0.2) is 12.4 Å². The summed E-state index contributed by atoms with van der Waals surface area (Å²) in [7, 11) is 0. The second-order valence-electron chi connectivity index (χ2n) is 5.57. The number of hydrogen-bond acceptors (Lipinski definition) is 3. The van der Waals surface area contributed by atoms with Crippen molar-refractivity contribution in [3.05, 3.63) is 93.7 Å². The molecule has 3 rings (SSSR count). The summed E-state index contributed by atoms with van der Waals surface area (Å²) in [5.74, 6) is -0.157. The number of ether oxygens (including phenoxy) is 1. The van der Waals surface area contributed by atoms with E-state index < -0.39 is 6.61 Å². The Bertz CT molecular complexity index is 884. The third-order valence-electron chi connectivity index (χ3n) is 3.67. The van der Waals surface area contributed by atoms with Crippen LogP contribution in [0.3, 0.4) is 0 Å². The number of allylic oxidation sites excluding steroid dienone is 1. The van der Waals surface area contributed by atoms with E-state index in [4.69, 9.17) is 0 Å². The van der Waals surface area contributed by atoms with Crippen LogP contribution in [0.15, 0.2) is 72.8 Å². The maximum absolute atomic E-state index is 12.2. The van der Waals surface area contributed by atoms with E-state index in [1.807, 2.05) is 24.3 Å². The third-order valence-corrected chi connectivity index (χ3v) is 4.72. The van der Waals surface area contributed by atoms with Gasteiger partial charge in [0.05, 0.1) is 0 Å². The smallest absolute Gasteiger partial charge is 0.387 e. The monoisotopic (exact) mass is 370 g/mol. The highest BCUT2D eigenvalue weighted by molar-refractivity contribution is 7.12. The Labute approximate surface area is 154 Å². The topological polar surface area (TPSA) is 26.3 Å². The molecule has 0 bridgehead atoms. The first kappa shape index (κ1) is 18.0. The fraction of sp³-hybridized carbons (Fsp3) is 0.0952. The molecule has 0 aliphatic carbocycles. The second kappa shape index (κ2) is 8.54. The molecule has 0 radical (unpaired) electrons. The normalized spacial score (nSPS) is 11.2. The molecule has 0 unspecified atom stereocenters. The number of carbonyl (C=O) groups is 1. The molecule has 5 heteroatoms. The van der Waals surface area contributed by atoms with Gasteiger partial charge in [0.25, 0.3) is 0 Å². The van der Waals surface area contributed by atoms with Gasteiger partial charge in [-0.1, -0.05) is 30.3 Å². The van der Waals surface area contributed by atoms with Crippen molar-refractivity contribution in [1.29, 1.82) is 0 Å². The van der Waals surface area contributed by atoms with Gasteiger partial charge in [0.1, 0.15) is 5.75 Å². The second-order valence-corrected chi connectivity index (χ2v) is 6.77. The number of ketones is 1. The van der Waals surface area contributed by atoms with E-state index in [0.29, 0.717) is 5.56 Å². The summed E-state index contributed by atoms with van der Waals surface area (Å²) >= 11 is 1.63. The Kier molecular flexibility index (Phi) is 5.92. The van der Waals surface area contributed by atoms with Crippen LogP contribution in [0.25, 0.3) is 6.08 Å². The standard InChI is InChI=1S/C21H16F2O2S/c22-21(23)25-17-8-6-16(7-9-17)20(24)13-12-18-10-11-19(26-18)14-15-4-2-1-3-5-15/h1-13,21H,14H2/b13-12+. The minimum Gasteiger partial charge on any atom is -0.435 e. The molecule has 0 aliphatic rings. The maximum Gasteiger partial charge on any atom is 0.387 e. The van der Waals surface area contributed by atoms with E-state index >= 15 is 0 Å². The highest BCUT2D eigenvalue weighted by Crippen LogP contribution is 2.22. The lowest BCUT2D eigenvalue weighted by Crippen LogP contribution is -2.02. The van der Waals surface area contributed by atoms with Gasteiger partial charge in [-0.3, -0.25) is 4.79 Å². The Balaban J connectivity index is 1.61. The average molecular weight is 370 g/mol. The van der Waals surface area contributed by atoms with Crippen molar-refractivity contribution in [3.8, 4) is 5.75 Å². The van der Waals surface area contributed by atoms with Gasteiger partial charge in [-0.2, -0.15) is 8.78 Å². The molecule has 26 heavy (non-hydrogen) atoms. The SMILES string of the molecule is O=C(/C=C/c1ccc(Cc2ccccc2)s1)c1ccc(OC(F)F)cc1. The van der Waals surface area contributed by atoms with Crippen molar-refractivity contribution >= 4 is 23.2 Å². The first-order valence-corrected chi connectivity index (χ1v) is 8.82. The van der Waals surface area contributed by atoms with Crippen molar-refractivity contribution in [2.24, 2.45) is 0 Å². The summed E-state index contributed by atoms with van der Waals surface area (Å²) in [4.78, 5) is 14.4. The van der Waals surface area contributed by atoms with Crippen molar-refractivity contribution < 1.29 is 18.3 Å². The van der Waals surface area contributed by atoms with Gasteiger partial charge < -0.3 is 4.74 Å². The Morgan fingerprint density at radius 2 is 1.73 bits per heavy atom. The lowest BCUT2D eigenvalue weighted by atomic mass is 10.1. The largest absolute Gasteiger partial charge is 0.435 e. The lowest BCUT2D eigenvalue weighted by Gasteiger charge is -2.04. The zero-order valence-corrected chi connectivity index (χ0v) is 14.6. The van der Waals surface area contributed by atoms with E-state index in [2.05, 4.69) is 22.9 Å². The zero-order chi connectivity index (χ0) is 18.4. The van der Waals surface area contributed by atoms with E-state index in [-0.39, 0.29) is 11.5 Å². The lowest BCUT2D eigenvalue weighted by molar-refractivity contribution is -0.0498. The van der Waals surface area contributed by atoms with Gasteiger partial charge >= 0.3 is 6.61 Å². The molecule has 3 aromatic rings. The van der Waals surface area contributed by atoms with Crippen LogP contribution in [0.5, 0.6) is 5.75 Å². The van der Waals surface area contributed by atoms with Gasteiger partial charge in [0.15, 0.2) is 5.78 Å². The Hall–Kier alpha value is -2.79. The predicted octanol–water partition coefficient (Wildman–Crippen LogP) is 5.84. The van der Waals surface area contributed by atoms with Crippen molar-refractivity contribution in [2.45, 2.75) is 13.0 Å². The first-order chi connectivity index (χ1) is 12.6. The Morgan fingerprint density at radius 3 is 2.42 bits per heavy atom. The summed E-state index contributed by atoms with van der Waals surface area (Å²) in [6, 6.07) is 19.9. The fourth-order valence-electron chi connectivity index (χ4n) is 2.43. The molecule has 2 nitrogen and oxygen atoms in total. The zero-order valence-electron chi connectivity index (χ0n) is 13.8. The van der Waals surface area contributed by atoms with Crippen molar-refractivity contribution in [2.75, 3.05) is 0 Å². The number of rotatable bonds is 7. The van der Waals surface area contributed by atoms with Gasteiger partial charge in [-0.15, -0.1) is 11.3 Å². The third kappa shape index (κ3) is 5.10. The van der Waals surface area contributed by atoms with Crippen molar-refractivity contribution in [1.82, 2.24) is 0 Å². The summed E-state index contributed by atoms with van der Waals surface area (Å²) in [5, 5.41) is 0. The van der Waals surface area contributed by atoms with E-state index in [1.54, 1.807) is 17.4 Å². The quantitative estimate of drug-likeness (QED) is 0.386. The fourth-order valence-corrected chi connectivity index (χ4v) is 3.38. The van der Waals surface area contributed by atoms with Crippen LogP contribution in [0, 0.1) is 0 Å². The predicted molar refractivity (Wildman–Crippen MR) is 100 cm³/mol. The Morgan fingerprint density at radius 1 is 1.00 bits per heavy atom. The molecule has 0 aliphatic heterocycles. The molecule has 0 saturated carbocycles. The molecule has 0 N–H and O–H groups in total. The van der Waals surface area contributed by atoms with Crippen LogP contribution in [0.1, 0.15) is 25.7 Å². The molecule has 0 fully saturated rings. The van der Waals surface area contributed by atoms with Gasteiger partial charge in [-0.25, -0.2) is 0 Å². The maximum atomic E-state index is 12.2. The van der Waals surface area contributed by atoms with E-state index in [1.165, 1.54) is 40.8 Å². The highest BCUT2D eigenvalue weighted by atomic mass is 32.1. The molecule has 0 saturated heterocycles. The molecule has 0 atom stereocenters. The number of benzene rings is 2. The first-order valence-electron chi connectivity index (χ1n) is 8.00. The molecule has 0 amide bonds. The minimum absolute atomic E-state index is 0.0318. The molecule has 1 aromatic heterocycles. The molecular weight excluding hydrogens is 354 g/mol. The molecule has 132 valence electrons. The number of carbonyl (C=O) groups excluding carboxylic acids is 1. The average Bonchev–Trinajstić information content (AvgIpc) is 3.08. The number of halogens is 2. The summed E-state index contributed by atoms with van der Waals surface area (Å²) < 4.78 is 28.5. The summed E-state index contributed by atoms with van der Waals surface area (Å²) in [6.07, 6.45) is 4.12. The van der Waals surface area contributed by atoms with E-state index in [9.17, 15) is 13.6 Å². The van der Waals surface area contributed by atoms with Crippen LogP contribution in [0.2, 0.25) is 0 Å². The number of alkyl halides is 2. The van der Waals surface area contributed by atoms with Gasteiger partial charge in [0, 0.05) is 21.7 Å². The number of hydrogen-bond donors (Lipinski definition) is 0. The van der Waals surface area contributed by atoms with Gasteiger partial charge in [0.2, 0.25) is 0 Å². The van der Waals surface area contributed by atoms with E-state index in [0.717, 1.165) is 11.3 Å². The molecular formula is C21H16F2O2S. The van der Waals surface area contributed by atoms with Crippen LogP contribution >= 0.6 is 11.3 Å². The van der Waals surface area contributed by atoms with Crippen LogP contribution in [0.4, 0.5) is 8.78 Å². The molecule has 0 spiro atoms. The van der Waals surface area contributed by atoms with Crippen LogP contribution in [-0.2, 0) is 6.42 Å². The summed E-state index contributed by atoms with van der Waals surface area (Å²) in [6.45, 7) is -2.87. The minimum atomic E-state index is -2.87. The van der Waals surface area contributed by atoms with Gasteiger partial charge in [-0.05, 0) is 54.1 Å². The number of thiophene rings is 1. The van der Waals surface area contributed by atoms with Crippen LogP contribution < -0.4 is 4.74 Å².